The molecule has 84 valence electrons. The highest BCUT2D eigenvalue weighted by Crippen LogP contribution is 2.26. The van der Waals surface area contributed by atoms with Crippen molar-refractivity contribution in [3.8, 4) is 11.8 Å². The van der Waals surface area contributed by atoms with Crippen LogP contribution < -0.4 is 4.74 Å². The molecule has 0 bridgehead atoms. The number of nitrogens with zero attached hydrogens (tertiary/aromatic N) is 2. The van der Waals surface area contributed by atoms with Crippen LogP contribution >= 0.6 is 0 Å². The van der Waals surface area contributed by atoms with Crippen LogP contribution in [0.4, 0.5) is 8.78 Å². The van der Waals surface area contributed by atoms with Crippen LogP contribution in [0.25, 0.3) is 0 Å². The lowest BCUT2D eigenvalue weighted by molar-refractivity contribution is 0.0687. The molecule has 1 heterocycles. The number of hydrogen-bond donors (Lipinski definition) is 1. The fourth-order valence-corrected chi connectivity index (χ4v) is 1.08. The molecule has 0 aliphatic carbocycles. The minimum absolute atomic E-state index is 0.231. The molecule has 0 aliphatic heterocycles. The van der Waals surface area contributed by atoms with Gasteiger partial charge in [0.2, 0.25) is 0 Å². The van der Waals surface area contributed by atoms with Gasteiger partial charge in [0.1, 0.15) is 23.1 Å². The first-order chi connectivity index (χ1) is 7.51. The minimum atomic E-state index is -2.93. The van der Waals surface area contributed by atoms with Crippen molar-refractivity contribution in [2.45, 2.75) is 6.43 Å². The zero-order chi connectivity index (χ0) is 12.3. The second kappa shape index (κ2) is 4.53. The van der Waals surface area contributed by atoms with Gasteiger partial charge in [-0.1, -0.05) is 0 Å². The Labute approximate surface area is 88.9 Å². The highest BCUT2D eigenvalue weighted by atomic mass is 19.3. The van der Waals surface area contributed by atoms with Crippen molar-refractivity contribution in [1.82, 2.24) is 4.98 Å². The number of nitriles is 1. The average molecular weight is 228 g/mol. The predicted molar refractivity (Wildman–Crippen MR) is 47.4 cm³/mol. The van der Waals surface area contributed by atoms with Gasteiger partial charge in [-0.05, 0) is 0 Å². The molecule has 0 aliphatic rings. The normalized spacial score (nSPS) is 9.94. The summed E-state index contributed by atoms with van der Waals surface area (Å²) in [6.07, 6.45) is -2.93. The topological polar surface area (TPSA) is 83.2 Å². The Morgan fingerprint density at radius 3 is 2.69 bits per heavy atom. The first-order valence-corrected chi connectivity index (χ1v) is 4.01. The number of pyridine rings is 1. The van der Waals surface area contributed by atoms with E-state index in [1.165, 1.54) is 0 Å². The summed E-state index contributed by atoms with van der Waals surface area (Å²) in [5, 5.41) is 17.4. The Bertz CT molecular complexity index is 469. The van der Waals surface area contributed by atoms with Crippen molar-refractivity contribution in [2.24, 2.45) is 0 Å². The van der Waals surface area contributed by atoms with Crippen LogP contribution in [-0.2, 0) is 0 Å². The van der Waals surface area contributed by atoms with Crippen LogP contribution in [-0.4, -0.2) is 23.2 Å². The summed E-state index contributed by atoms with van der Waals surface area (Å²) in [7, 11) is 1.15. The van der Waals surface area contributed by atoms with E-state index < -0.39 is 23.8 Å². The van der Waals surface area contributed by atoms with Gasteiger partial charge in [0.05, 0.1) is 7.11 Å². The molecular weight excluding hydrogens is 222 g/mol. The van der Waals surface area contributed by atoms with E-state index in [4.69, 9.17) is 10.4 Å². The predicted octanol–water partition coefficient (Wildman–Crippen LogP) is 1.60. The Morgan fingerprint density at radius 1 is 1.69 bits per heavy atom. The number of carboxylic acid groups (broad SMARTS) is 1. The van der Waals surface area contributed by atoms with Crippen LogP contribution in [0.1, 0.15) is 28.2 Å². The van der Waals surface area contributed by atoms with Gasteiger partial charge < -0.3 is 9.84 Å². The third-order valence-corrected chi connectivity index (χ3v) is 1.76. The van der Waals surface area contributed by atoms with Gasteiger partial charge in [-0.25, -0.2) is 18.6 Å². The third-order valence-electron chi connectivity index (χ3n) is 1.76. The van der Waals surface area contributed by atoms with E-state index in [-0.39, 0.29) is 11.3 Å². The number of aromatic carboxylic acids is 1. The quantitative estimate of drug-likeness (QED) is 0.849. The molecule has 5 nitrogen and oxygen atoms in total. The lowest BCUT2D eigenvalue weighted by Gasteiger charge is -2.07. The van der Waals surface area contributed by atoms with Crippen molar-refractivity contribution in [1.29, 1.82) is 5.26 Å². The van der Waals surface area contributed by atoms with Gasteiger partial charge in [-0.3, -0.25) is 0 Å². The van der Waals surface area contributed by atoms with Crippen LogP contribution in [0.2, 0.25) is 0 Å². The maximum absolute atomic E-state index is 12.4. The van der Waals surface area contributed by atoms with E-state index in [1.54, 1.807) is 6.07 Å². The minimum Gasteiger partial charge on any atom is -0.495 e. The second-order valence-corrected chi connectivity index (χ2v) is 2.69. The lowest BCUT2D eigenvalue weighted by Crippen LogP contribution is -2.08. The van der Waals surface area contributed by atoms with E-state index in [1.807, 2.05) is 0 Å². The van der Waals surface area contributed by atoms with Crippen LogP contribution in [0.15, 0.2) is 6.07 Å². The average Bonchev–Trinajstić information content (AvgIpc) is 2.26. The van der Waals surface area contributed by atoms with Crippen LogP contribution in [0.3, 0.4) is 0 Å². The highest BCUT2D eigenvalue weighted by molar-refractivity contribution is 5.89. The van der Waals surface area contributed by atoms with Crippen LogP contribution in [0, 0.1) is 11.3 Å². The van der Waals surface area contributed by atoms with E-state index >= 15 is 0 Å². The second-order valence-electron chi connectivity index (χ2n) is 2.69. The van der Waals surface area contributed by atoms with Gasteiger partial charge in [0.25, 0.3) is 6.43 Å². The summed E-state index contributed by atoms with van der Waals surface area (Å²) in [4.78, 5) is 13.9. The smallest absolute Gasteiger partial charge is 0.356 e. The van der Waals surface area contributed by atoms with Crippen LogP contribution in [0.5, 0.6) is 5.75 Å². The Balaban J connectivity index is 3.51. The van der Waals surface area contributed by atoms with E-state index in [9.17, 15) is 13.6 Å². The number of carbonyl (C=O) groups is 1. The molecule has 0 atom stereocenters. The molecule has 1 aromatic rings. The molecule has 7 heteroatoms. The number of ether oxygens (including phenoxy) is 1. The zero-order valence-electron chi connectivity index (χ0n) is 8.07. The first-order valence-electron chi connectivity index (χ1n) is 4.01. The molecule has 16 heavy (non-hydrogen) atoms. The molecule has 0 saturated carbocycles. The Hall–Kier alpha value is -2.23. The summed E-state index contributed by atoms with van der Waals surface area (Å²) in [6, 6.07) is 2.39. The summed E-state index contributed by atoms with van der Waals surface area (Å²) in [5.41, 5.74) is -1.86. The van der Waals surface area contributed by atoms with E-state index in [2.05, 4.69) is 9.72 Å². The Kier molecular flexibility index (Phi) is 3.35. The van der Waals surface area contributed by atoms with Gasteiger partial charge >= 0.3 is 5.97 Å². The molecule has 0 saturated heterocycles. The number of halogens is 2. The van der Waals surface area contributed by atoms with Crippen molar-refractivity contribution < 1.29 is 23.4 Å². The first kappa shape index (κ1) is 11.8. The molecule has 1 rings (SSSR count). The standard InChI is InChI=1S/C9H6F2N2O3/c1-16-6-2-5(8(10)11)13-7(9(14)15)4(6)3-12/h2,8H,1H3,(H,14,15). The van der Waals surface area contributed by atoms with Crippen molar-refractivity contribution in [2.75, 3.05) is 7.11 Å². The van der Waals surface area contributed by atoms with Gasteiger partial charge in [-0.2, -0.15) is 5.26 Å². The van der Waals surface area contributed by atoms with Gasteiger partial charge in [-0.15, -0.1) is 0 Å². The van der Waals surface area contributed by atoms with Crippen molar-refractivity contribution in [3.05, 3.63) is 23.0 Å². The largest absolute Gasteiger partial charge is 0.495 e. The molecule has 1 aromatic heterocycles. The van der Waals surface area contributed by atoms with Gasteiger partial charge in [0, 0.05) is 6.07 Å². The summed E-state index contributed by atoms with van der Waals surface area (Å²) >= 11 is 0. The fraction of sp³-hybridized carbons (Fsp3) is 0.222. The summed E-state index contributed by atoms with van der Waals surface area (Å²) < 4.78 is 29.4. The number of hydrogen-bond acceptors (Lipinski definition) is 4. The number of aromatic nitrogens is 1. The highest BCUT2D eigenvalue weighted by Gasteiger charge is 2.21. The Morgan fingerprint density at radius 2 is 2.31 bits per heavy atom. The third kappa shape index (κ3) is 2.06. The molecule has 0 amide bonds. The molecule has 0 spiro atoms. The zero-order valence-corrected chi connectivity index (χ0v) is 8.07. The molecule has 0 radical (unpaired) electrons. The van der Waals surface area contributed by atoms with E-state index in [0.29, 0.717) is 0 Å². The molecule has 0 unspecified atom stereocenters. The van der Waals surface area contributed by atoms with Crippen molar-refractivity contribution >= 4 is 5.97 Å². The molecule has 0 fully saturated rings. The number of methoxy groups -OCH3 is 1. The monoisotopic (exact) mass is 228 g/mol. The number of rotatable bonds is 3. The molecular formula is C9H6F2N2O3. The lowest BCUT2D eigenvalue weighted by atomic mass is 10.1. The van der Waals surface area contributed by atoms with Crippen molar-refractivity contribution in [3.63, 3.8) is 0 Å². The van der Waals surface area contributed by atoms with Gasteiger partial charge in [0.15, 0.2) is 5.69 Å². The molecule has 0 aromatic carbocycles. The number of alkyl halides is 2. The SMILES string of the molecule is COc1cc(C(F)F)nc(C(=O)O)c1C#N. The summed E-state index contributed by atoms with van der Waals surface area (Å²) in [5.74, 6) is -1.79. The van der Waals surface area contributed by atoms with E-state index in [0.717, 1.165) is 13.2 Å². The number of carboxylic acids is 1. The maximum Gasteiger partial charge on any atom is 0.356 e. The maximum atomic E-state index is 12.4. The fourth-order valence-electron chi connectivity index (χ4n) is 1.08. The summed E-state index contributed by atoms with van der Waals surface area (Å²) in [6.45, 7) is 0. The molecule has 1 N–H and O–H groups in total.